The topological polar surface area (TPSA) is 84.2 Å². The summed E-state index contributed by atoms with van der Waals surface area (Å²) in [5, 5.41) is 4.35. The summed E-state index contributed by atoms with van der Waals surface area (Å²) < 4.78 is 42.6. The molecule has 0 radical (unpaired) electrons. The molecule has 0 unspecified atom stereocenters. The lowest BCUT2D eigenvalue weighted by Gasteiger charge is -2.34. The van der Waals surface area contributed by atoms with Gasteiger partial charge in [0.05, 0.1) is 10.6 Å². The van der Waals surface area contributed by atoms with E-state index in [-0.39, 0.29) is 4.90 Å². The fourth-order valence-electron chi connectivity index (χ4n) is 3.33. The molecule has 8 nitrogen and oxygen atoms in total. The average Bonchev–Trinajstić information content (AvgIpc) is 3.16. The van der Waals surface area contributed by atoms with Gasteiger partial charge in [0.2, 0.25) is 10.0 Å². The zero-order valence-electron chi connectivity index (χ0n) is 16.2. The normalized spacial score (nSPS) is 15.6. The minimum Gasteiger partial charge on any atom is -0.354 e. The number of hydrogen-bond acceptors (Lipinski definition) is 6. The number of halogens is 1. The summed E-state index contributed by atoms with van der Waals surface area (Å²) in [6, 6.07) is 7.55. The maximum atomic E-state index is 13.6. The molecule has 1 saturated heterocycles. The van der Waals surface area contributed by atoms with E-state index in [9.17, 15) is 12.8 Å². The predicted octanol–water partition coefficient (Wildman–Crippen LogP) is 1.93. The van der Waals surface area contributed by atoms with Crippen molar-refractivity contribution >= 4 is 15.8 Å². The second-order valence-corrected chi connectivity index (χ2v) is 8.84. The molecule has 1 aromatic carbocycles. The summed E-state index contributed by atoms with van der Waals surface area (Å²) in [6.07, 6.45) is 3.30. The quantitative estimate of drug-likeness (QED) is 0.646. The van der Waals surface area contributed by atoms with E-state index in [1.165, 1.54) is 22.8 Å². The molecule has 3 aromatic rings. The Morgan fingerprint density at radius 2 is 1.69 bits per heavy atom. The molecule has 1 fully saturated rings. The summed E-state index contributed by atoms with van der Waals surface area (Å²) in [5.74, 6) is 0.797. The molecule has 0 spiro atoms. The maximum absolute atomic E-state index is 13.6. The number of sulfonamides is 1. The minimum absolute atomic E-state index is 0.0179. The molecular formula is C19H21FN6O2S. The fourth-order valence-corrected chi connectivity index (χ4v) is 4.99. The van der Waals surface area contributed by atoms with Crippen LogP contribution < -0.4 is 4.90 Å². The van der Waals surface area contributed by atoms with Crippen LogP contribution in [0.4, 0.5) is 10.2 Å². The van der Waals surface area contributed by atoms with E-state index in [0.29, 0.717) is 43.4 Å². The summed E-state index contributed by atoms with van der Waals surface area (Å²) in [6.45, 7) is 5.10. The molecule has 0 atom stereocenters. The highest BCUT2D eigenvalue weighted by atomic mass is 32.2. The molecule has 10 heteroatoms. The summed E-state index contributed by atoms with van der Waals surface area (Å²) in [5.41, 5.74) is 1.42. The number of anilines is 1. The van der Waals surface area contributed by atoms with E-state index in [1.807, 2.05) is 30.2 Å². The summed E-state index contributed by atoms with van der Waals surface area (Å²) in [4.78, 5) is 10.6. The lowest BCUT2D eigenvalue weighted by atomic mass is 10.2. The molecule has 0 N–H and O–H groups in total. The third-order valence-electron chi connectivity index (χ3n) is 4.93. The Morgan fingerprint density at radius 1 is 0.966 bits per heavy atom. The smallest absolute Gasteiger partial charge is 0.243 e. The minimum atomic E-state index is -3.75. The van der Waals surface area contributed by atoms with Crippen LogP contribution in [-0.2, 0) is 10.0 Å². The number of benzene rings is 1. The highest BCUT2D eigenvalue weighted by Gasteiger charge is 2.30. The third-order valence-corrected chi connectivity index (χ3v) is 6.97. The van der Waals surface area contributed by atoms with E-state index in [0.717, 1.165) is 11.8 Å². The van der Waals surface area contributed by atoms with Gasteiger partial charge >= 0.3 is 0 Å². The van der Waals surface area contributed by atoms with Crippen molar-refractivity contribution in [2.75, 3.05) is 31.1 Å². The van der Waals surface area contributed by atoms with Gasteiger partial charge in [-0.15, -0.1) is 0 Å². The molecule has 2 aromatic heterocycles. The maximum Gasteiger partial charge on any atom is 0.243 e. The molecular weight excluding hydrogens is 395 g/mol. The van der Waals surface area contributed by atoms with Crippen molar-refractivity contribution in [3.05, 3.63) is 59.9 Å². The monoisotopic (exact) mass is 416 g/mol. The Bertz CT molecular complexity index is 1140. The van der Waals surface area contributed by atoms with E-state index >= 15 is 0 Å². The van der Waals surface area contributed by atoms with E-state index in [1.54, 1.807) is 11.6 Å². The number of aryl methyl sites for hydroxylation is 2. The van der Waals surface area contributed by atoms with Crippen LogP contribution in [0.25, 0.3) is 5.82 Å². The number of aromatic nitrogens is 4. The van der Waals surface area contributed by atoms with Crippen LogP contribution in [-0.4, -0.2) is 58.7 Å². The first-order valence-corrected chi connectivity index (χ1v) is 10.6. The Hall–Kier alpha value is -2.85. The van der Waals surface area contributed by atoms with Crippen molar-refractivity contribution < 1.29 is 12.8 Å². The Morgan fingerprint density at radius 3 is 2.38 bits per heavy atom. The first-order chi connectivity index (χ1) is 13.8. The van der Waals surface area contributed by atoms with Gasteiger partial charge in [-0.2, -0.15) is 9.40 Å². The first-order valence-electron chi connectivity index (χ1n) is 9.20. The van der Waals surface area contributed by atoms with Gasteiger partial charge in [-0.1, -0.05) is 6.07 Å². The SMILES string of the molecule is Cc1ccn(-c2cc(N3CCN(S(=O)(=O)c4cc(F)ccc4C)CC3)ncn2)n1. The summed E-state index contributed by atoms with van der Waals surface area (Å²) >= 11 is 0. The van der Waals surface area contributed by atoms with Crippen LogP contribution in [0.1, 0.15) is 11.3 Å². The molecule has 0 amide bonds. The number of hydrogen-bond donors (Lipinski definition) is 0. The van der Waals surface area contributed by atoms with Gasteiger partial charge in [0.25, 0.3) is 0 Å². The lowest BCUT2D eigenvalue weighted by Crippen LogP contribution is -2.49. The molecule has 0 bridgehead atoms. The Labute approximate surface area is 168 Å². The lowest BCUT2D eigenvalue weighted by molar-refractivity contribution is 0.383. The second kappa shape index (κ2) is 7.53. The van der Waals surface area contributed by atoms with Gasteiger partial charge in [-0.05, 0) is 37.6 Å². The van der Waals surface area contributed by atoms with Crippen molar-refractivity contribution in [1.82, 2.24) is 24.1 Å². The van der Waals surface area contributed by atoms with Gasteiger partial charge in [0.1, 0.15) is 18.0 Å². The van der Waals surface area contributed by atoms with Crippen LogP contribution in [0.2, 0.25) is 0 Å². The first kappa shape index (κ1) is 19.5. The molecule has 29 heavy (non-hydrogen) atoms. The molecule has 3 heterocycles. The second-order valence-electron chi connectivity index (χ2n) is 6.94. The highest BCUT2D eigenvalue weighted by Crippen LogP contribution is 2.23. The average molecular weight is 416 g/mol. The van der Waals surface area contributed by atoms with Crippen LogP contribution in [0.3, 0.4) is 0 Å². The Kier molecular flexibility index (Phi) is 5.05. The zero-order chi connectivity index (χ0) is 20.6. The van der Waals surface area contributed by atoms with Gasteiger partial charge in [-0.25, -0.2) is 27.5 Å². The predicted molar refractivity (Wildman–Crippen MR) is 106 cm³/mol. The highest BCUT2D eigenvalue weighted by molar-refractivity contribution is 7.89. The fraction of sp³-hybridized carbons (Fsp3) is 0.316. The Balaban J connectivity index is 1.50. The van der Waals surface area contributed by atoms with Crippen molar-refractivity contribution in [2.45, 2.75) is 18.7 Å². The van der Waals surface area contributed by atoms with E-state index < -0.39 is 15.8 Å². The van der Waals surface area contributed by atoms with Crippen molar-refractivity contribution in [1.29, 1.82) is 0 Å². The van der Waals surface area contributed by atoms with Crippen molar-refractivity contribution in [3.63, 3.8) is 0 Å². The van der Waals surface area contributed by atoms with E-state index in [4.69, 9.17) is 0 Å². The molecule has 1 aliphatic heterocycles. The van der Waals surface area contributed by atoms with Crippen molar-refractivity contribution in [3.8, 4) is 5.82 Å². The van der Waals surface area contributed by atoms with Crippen LogP contribution >= 0.6 is 0 Å². The van der Waals surface area contributed by atoms with Crippen LogP contribution in [0, 0.1) is 19.7 Å². The van der Waals surface area contributed by atoms with Crippen molar-refractivity contribution in [2.24, 2.45) is 0 Å². The number of nitrogens with zero attached hydrogens (tertiary/aromatic N) is 6. The molecule has 1 aliphatic rings. The standard InChI is InChI=1S/C19H21FN6O2S/c1-14-3-4-16(20)11-17(14)29(27,28)25-9-7-24(8-10-25)18-12-19(22-13-21-18)26-6-5-15(2)23-26/h3-6,11-13H,7-10H2,1-2H3. The van der Waals surface area contributed by atoms with Gasteiger partial charge in [0, 0.05) is 38.4 Å². The number of rotatable bonds is 4. The number of piperazine rings is 1. The molecule has 0 saturated carbocycles. The van der Waals surface area contributed by atoms with E-state index in [2.05, 4.69) is 15.1 Å². The van der Waals surface area contributed by atoms with Crippen LogP contribution in [0.5, 0.6) is 0 Å². The largest absolute Gasteiger partial charge is 0.354 e. The van der Waals surface area contributed by atoms with Crippen LogP contribution in [0.15, 0.2) is 47.8 Å². The van der Waals surface area contributed by atoms with Gasteiger partial charge in [-0.3, -0.25) is 0 Å². The third kappa shape index (κ3) is 3.85. The molecule has 152 valence electrons. The summed E-state index contributed by atoms with van der Waals surface area (Å²) in [7, 11) is -3.75. The molecule has 4 rings (SSSR count). The van der Waals surface area contributed by atoms with Gasteiger partial charge < -0.3 is 4.90 Å². The zero-order valence-corrected chi connectivity index (χ0v) is 17.0. The molecule has 0 aliphatic carbocycles. The van der Waals surface area contributed by atoms with Gasteiger partial charge in [0.15, 0.2) is 5.82 Å².